The Labute approximate surface area is 126 Å². The van der Waals surface area contributed by atoms with E-state index >= 15 is 0 Å². The van der Waals surface area contributed by atoms with Crippen LogP contribution in [-0.2, 0) is 9.53 Å². The van der Waals surface area contributed by atoms with Gasteiger partial charge in [-0.25, -0.2) is 4.98 Å². The number of anilines is 2. The van der Waals surface area contributed by atoms with E-state index in [0.29, 0.717) is 6.42 Å². The Balaban J connectivity index is 1.87. The number of piperazine rings is 1. The normalized spacial score (nSPS) is 15.8. The number of hydrogen-bond donors (Lipinski definition) is 1. The molecule has 1 saturated heterocycles. The average molecular weight is 292 g/mol. The van der Waals surface area contributed by atoms with Crippen molar-refractivity contribution in [2.75, 3.05) is 56.6 Å². The van der Waals surface area contributed by atoms with E-state index in [1.54, 1.807) is 0 Å². The number of rotatable bonds is 6. The molecule has 1 fully saturated rings. The standard InChI is InChI=1S/C15H24N4O2/c1-3-16-13-5-4-7-17-15(13)19-11-9-18(10-12-19)8-6-14(20)21-2/h4-5,7,16H,3,6,8-12H2,1-2H3. The second-order valence-electron chi connectivity index (χ2n) is 5.06. The van der Waals surface area contributed by atoms with Gasteiger partial charge in [0.2, 0.25) is 0 Å². The van der Waals surface area contributed by atoms with Gasteiger partial charge in [0.1, 0.15) is 0 Å². The van der Waals surface area contributed by atoms with Crippen molar-refractivity contribution < 1.29 is 9.53 Å². The van der Waals surface area contributed by atoms with Gasteiger partial charge in [-0.05, 0) is 19.1 Å². The maximum absolute atomic E-state index is 11.2. The molecule has 0 unspecified atom stereocenters. The van der Waals surface area contributed by atoms with Gasteiger partial charge in [-0.3, -0.25) is 9.69 Å². The molecule has 0 bridgehead atoms. The van der Waals surface area contributed by atoms with Crippen LogP contribution in [-0.4, -0.2) is 62.2 Å². The summed E-state index contributed by atoms with van der Waals surface area (Å²) in [6.45, 7) is 7.48. The first-order chi connectivity index (χ1) is 10.2. The van der Waals surface area contributed by atoms with Crippen molar-refractivity contribution >= 4 is 17.5 Å². The molecule has 0 amide bonds. The van der Waals surface area contributed by atoms with Crippen molar-refractivity contribution in [3.8, 4) is 0 Å². The molecule has 0 atom stereocenters. The van der Waals surface area contributed by atoms with Gasteiger partial charge in [0.15, 0.2) is 5.82 Å². The van der Waals surface area contributed by atoms with Gasteiger partial charge >= 0.3 is 5.97 Å². The van der Waals surface area contributed by atoms with Crippen molar-refractivity contribution in [2.45, 2.75) is 13.3 Å². The van der Waals surface area contributed by atoms with Crippen LogP contribution in [0.4, 0.5) is 11.5 Å². The van der Waals surface area contributed by atoms with Gasteiger partial charge in [0, 0.05) is 45.5 Å². The van der Waals surface area contributed by atoms with E-state index in [1.165, 1.54) is 7.11 Å². The summed E-state index contributed by atoms with van der Waals surface area (Å²) in [5.41, 5.74) is 1.09. The van der Waals surface area contributed by atoms with Crippen LogP contribution in [0.2, 0.25) is 0 Å². The average Bonchev–Trinajstić information content (AvgIpc) is 2.54. The number of nitrogens with one attached hydrogen (secondary N) is 1. The molecule has 1 aromatic heterocycles. The highest BCUT2D eigenvalue weighted by Gasteiger charge is 2.20. The van der Waals surface area contributed by atoms with Gasteiger partial charge in [0.25, 0.3) is 0 Å². The number of pyridine rings is 1. The fourth-order valence-corrected chi connectivity index (χ4v) is 2.51. The van der Waals surface area contributed by atoms with Crippen LogP contribution < -0.4 is 10.2 Å². The highest BCUT2D eigenvalue weighted by Crippen LogP contribution is 2.23. The molecule has 0 radical (unpaired) electrons. The predicted molar refractivity (Wildman–Crippen MR) is 83.7 cm³/mol. The minimum absolute atomic E-state index is 0.142. The monoisotopic (exact) mass is 292 g/mol. The van der Waals surface area contributed by atoms with Crippen molar-refractivity contribution in [2.24, 2.45) is 0 Å². The molecule has 2 heterocycles. The number of ether oxygens (including phenoxy) is 1. The zero-order valence-electron chi connectivity index (χ0n) is 12.8. The van der Waals surface area contributed by atoms with E-state index < -0.39 is 0 Å². The van der Waals surface area contributed by atoms with Crippen LogP contribution in [0, 0.1) is 0 Å². The Bertz CT molecular complexity index is 459. The second-order valence-corrected chi connectivity index (χ2v) is 5.06. The molecule has 6 heteroatoms. The van der Waals surface area contributed by atoms with Crippen LogP contribution in [0.1, 0.15) is 13.3 Å². The Hall–Kier alpha value is -1.82. The highest BCUT2D eigenvalue weighted by atomic mass is 16.5. The van der Waals surface area contributed by atoms with Crippen LogP contribution in [0.3, 0.4) is 0 Å². The summed E-state index contributed by atoms with van der Waals surface area (Å²) in [6, 6.07) is 4.02. The van der Waals surface area contributed by atoms with E-state index in [-0.39, 0.29) is 5.97 Å². The number of carbonyl (C=O) groups is 1. The first kappa shape index (κ1) is 15.6. The smallest absolute Gasteiger partial charge is 0.306 e. The third-order valence-electron chi connectivity index (χ3n) is 3.69. The minimum Gasteiger partial charge on any atom is -0.469 e. The number of esters is 1. The molecule has 0 aliphatic carbocycles. The highest BCUT2D eigenvalue weighted by molar-refractivity contribution is 5.69. The van der Waals surface area contributed by atoms with Crippen molar-refractivity contribution in [1.82, 2.24) is 9.88 Å². The molecular weight excluding hydrogens is 268 g/mol. The zero-order chi connectivity index (χ0) is 15.1. The number of hydrogen-bond acceptors (Lipinski definition) is 6. The van der Waals surface area contributed by atoms with Crippen molar-refractivity contribution in [3.63, 3.8) is 0 Å². The lowest BCUT2D eigenvalue weighted by molar-refractivity contribution is -0.141. The molecule has 0 aromatic carbocycles. The first-order valence-electron chi connectivity index (χ1n) is 7.47. The van der Waals surface area contributed by atoms with Gasteiger partial charge in [-0.1, -0.05) is 0 Å². The van der Waals surface area contributed by atoms with Crippen LogP contribution in [0.5, 0.6) is 0 Å². The third kappa shape index (κ3) is 4.32. The van der Waals surface area contributed by atoms with E-state index in [0.717, 1.165) is 50.8 Å². The Morgan fingerprint density at radius 1 is 1.38 bits per heavy atom. The summed E-state index contributed by atoms with van der Waals surface area (Å²) in [6.07, 6.45) is 2.29. The summed E-state index contributed by atoms with van der Waals surface area (Å²) < 4.78 is 4.68. The molecule has 21 heavy (non-hydrogen) atoms. The van der Waals surface area contributed by atoms with Gasteiger partial charge in [-0.15, -0.1) is 0 Å². The maximum atomic E-state index is 11.2. The SMILES string of the molecule is CCNc1cccnc1N1CCN(CCC(=O)OC)CC1. The summed E-state index contributed by atoms with van der Waals surface area (Å²) in [7, 11) is 1.43. The lowest BCUT2D eigenvalue weighted by Gasteiger charge is -2.36. The molecule has 6 nitrogen and oxygen atoms in total. The van der Waals surface area contributed by atoms with Crippen LogP contribution in [0.25, 0.3) is 0 Å². The van der Waals surface area contributed by atoms with Gasteiger partial charge in [-0.2, -0.15) is 0 Å². The van der Waals surface area contributed by atoms with Crippen molar-refractivity contribution in [1.29, 1.82) is 0 Å². The molecule has 1 aliphatic heterocycles. The van der Waals surface area contributed by atoms with Crippen LogP contribution in [0.15, 0.2) is 18.3 Å². The van der Waals surface area contributed by atoms with E-state index in [2.05, 4.69) is 37.8 Å². The lowest BCUT2D eigenvalue weighted by atomic mass is 10.2. The molecule has 1 N–H and O–H groups in total. The molecule has 1 aromatic rings. The van der Waals surface area contributed by atoms with E-state index in [4.69, 9.17) is 0 Å². The number of carbonyl (C=O) groups excluding carboxylic acids is 1. The predicted octanol–water partition coefficient (Wildman–Crippen LogP) is 1.20. The van der Waals surface area contributed by atoms with Crippen LogP contribution >= 0.6 is 0 Å². The van der Waals surface area contributed by atoms with Crippen molar-refractivity contribution in [3.05, 3.63) is 18.3 Å². The fourth-order valence-electron chi connectivity index (χ4n) is 2.51. The zero-order valence-corrected chi connectivity index (χ0v) is 12.8. The number of nitrogens with zero attached hydrogens (tertiary/aromatic N) is 3. The number of aromatic nitrogens is 1. The maximum Gasteiger partial charge on any atom is 0.306 e. The molecule has 0 saturated carbocycles. The van der Waals surface area contributed by atoms with E-state index in [1.807, 2.05) is 12.3 Å². The molecule has 2 rings (SSSR count). The third-order valence-corrected chi connectivity index (χ3v) is 3.69. The Kier molecular flexibility index (Phi) is 5.80. The Morgan fingerprint density at radius 2 is 2.14 bits per heavy atom. The van der Waals surface area contributed by atoms with E-state index in [9.17, 15) is 4.79 Å². The first-order valence-corrected chi connectivity index (χ1v) is 7.47. The molecule has 1 aliphatic rings. The largest absolute Gasteiger partial charge is 0.469 e. The summed E-state index contributed by atoms with van der Waals surface area (Å²) in [4.78, 5) is 20.3. The number of methoxy groups -OCH3 is 1. The van der Waals surface area contributed by atoms with Gasteiger partial charge in [0.05, 0.1) is 19.2 Å². The van der Waals surface area contributed by atoms with Gasteiger partial charge < -0.3 is 15.0 Å². The second kappa shape index (κ2) is 7.83. The fraction of sp³-hybridized carbons (Fsp3) is 0.600. The lowest BCUT2D eigenvalue weighted by Crippen LogP contribution is -2.47. The quantitative estimate of drug-likeness (QED) is 0.795. The summed E-state index contributed by atoms with van der Waals surface area (Å²) in [5.74, 6) is 0.878. The topological polar surface area (TPSA) is 57.7 Å². The summed E-state index contributed by atoms with van der Waals surface area (Å²) in [5, 5.41) is 3.35. The summed E-state index contributed by atoms with van der Waals surface area (Å²) >= 11 is 0. The minimum atomic E-state index is -0.142. The molecule has 116 valence electrons. The molecular formula is C15H24N4O2. The molecule has 0 spiro atoms. The Morgan fingerprint density at radius 3 is 2.81 bits per heavy atom.